The molecular weight excluding hydrogens is 256 g/mol. The minimum absolute atomic E-state index is 0. The van der Waals surface area contributed by atoms with Gasteiger partial charge in [-0.25, -0.2) is 0 Å². The summed E-state index contributed by atoms with van der Waals surface area (Å²) in [5.74, 6) is 0.305. The monoisotopic (exact) mass is 274 g/mol. The first-order valence-corrected chi connectivity index (χ1v) is 6.03. The van der Waals surface area contributed by atoms with E-state index in [4.69, 9.17) is 0 Å². The van der Waals surface area contributed by atoms with Crippen LogP contribution in [0.3, 0.4) is 0 Å². The number of hydrogen-bond acceptors (Lipinski definition) is 4. The van der Waals surface area contributed by atoms with E-state index in [-0.39, 0.29) is 6.15 Å². The Labute approximate surface area is 117 Å². The van der Waals surface area contributed by atoms with Gasteiger partial charge in [0, 0.05) is 0 Å². The van der Waals surface area contributed by atoms with E-state index in [0.29, 0.717) is 5.75 Å². The van der Waals surface area contributed by atoms with Crippen molar-refractivity contribution in [2.75, 3.05) is 0 Å². The molecule has 5 nitrogen and oxygen atoms in total. The van der Waals surface area contributed by atoms with E-state index in [0.717, 1.165) is 23.1 Å². The predicted octanol–water partition coefficient (Wildman–Crippen LogP) is 3.63. The lowest BCUT2D eigenvalue weighted by Crippen LogP contribution is -2.06. The van der Waals surface area contributed by atoms with Crippen LogP contribution in [0.25, 0.3) is 0 Å². The summed E-state index contributed by atoms with van der Waals surface area (Å²) in [4.78, 5) is 14.9. The van der Waals surface area contributed by atoms with Crippen LogP contribution in [-0.4, -0.2) is 5.09 Å². The first-order valence-electron chi connectivity index (χ1n) is 6.03. The summed E-state index contributed by atoms with van der Waals surface area (Å²) < 4.78 is 0. The van der Waals surface area contributed by atoms with Crippen molar-refractivity contribution in [2.45, 2.75) is 20.3 Å². The normalized spacial score (nSPS) is 9.70. The van der Waals surface area contributed by atoms with Crippen LogP contribution >= 0.6 is 0 Å². The zero-order valence-electron chi connectivity index (χ0n) is 11.6. The topological polar surface area (TPSA) is 87.4 Å². The second kappa shape index (κ2) is 6.68. The highest BCUT2D eigenvalue weighted by molar-refractivity contribution is 5.44. The Balaban J connectivity index is 0.00000200. The highest BCUT2D eigenvalue weighted by atomic mass is 17.0. The fourth-order valence-corrected chi connectivity index (χ4v) is 2.04. The van der Waals surface area contributed by atoms with E-state index in [1.54, 1.807) is 6.07 Å². The molecule has 0 aliphatic rings. The molecule has 2 aromatic carbocycles. The molecule has 2 aromatic rings. The summed E-state index contributed by atoms with van der Waals surface area (Å²) in [6.07, 6.45) is 0.812. The number of rotatable bonds is 4. The number of hydrogen-bond donors (Lipinski definition) is 1. The molecule has 0 aromatic heterocycles. The molecule has 0 atom stereocenters. The van der Waals surface area contributed by atoms with Gasteiger partial charge in [0.25, 0.3) is 5.09 Å². The Bertz CT molecular complexity index is 598. The summed E-state index contributed by atoms with van der Waals surface area (Å²) in [7, 11) is 0. The Kier molecular flexibility index (Phi) is 5.23. The van der Waals surface area contributed by atoms with E-state index in [2.05, 4.69) is 17.0 Å². The number of nitrogens with zero attached hydrogens (tertiary/aromatic N) is 1. The Morgan fingerprint density at radius 1 is 1.05 bits per heavy atom. The molecule has 0 amide bonds. The van der Waals surface area contributed by atoms with E-state index in [1.807, 2.05) is 38.1 Å². The Hall–Kier alpha value is -2.40. The molecule has 5 heteroatoms. The third-order valence-electron chi connectivity index (χ3n) is 3.26. The van der Waals surface area contributed by atoms with Gasteiger partial charge in [-0.2, -0.15) is 0 Å². The minimum Gasteiger partial charge on any atom is -0.344 e. The van der Waals surface area contributed by atoms with E-state index in [1.165, 1.54) is 5.56 Å². The van der Waals surface area contributed by atoms with Crippen molar-refractivity contribution in [3.05, 3.63) is 74.8 Å². The number of benzene rings is 2. The molecule has 0 spiro atoms. The van der Waals surface area contributed by atoms with Crippen LogP contribution in [0.2, 0.25) is 0 Å². The molecular formula is C15H18N2O3. The van der Waals surface area contributed by atoms with Gasteiger partial charge in [0.1, 0.15) is 5.75 Å². The maximum absolute atomic E-state index is 10.4. The largest absolute Gasteiger partial charge is 0.344 e. The molecule has 0 saturated heterocycles. The summed E-state index contributed by atoms with van der Waals surface area (Å²) in [6, 6.07) is 13.7. The first kappa shape index (κ1) is 15.7. The average molecular weight is 274 g/mol. The van der Waals surface area contributed by atoms with Gasteiger partial charge < -0.3 is 6.15 Å². The van der Waals surface area contributed by atoms with Gasteiger partial charge in [-0.3, -0.25) is 4.84 Å². The third kappa shape index (κ3) is 3.55. The Morgan fingerprint density at radius 3 is 2.30 bits per heavy atom. The van der Waals surface area contributed by atoms with Crippen LogP contribution in [0.1, 0.15) is 22.3 Å². The van der Waals surface area contributed by atoms with Gasteiger partial charge in [0.2, 0.25) is 0 Å². The molecule has 0 radical (unpaired) electrons. The molecule has 106 valence electrons. The molecule has 20 heavy (non-hydrogen) atoms. The maximum atomic E-state index is 10.4. The lowest BCUT2D eigenvalue weighted by atomic mass is 9.97. The van der Waals surface area contributed by atoms with Crippen molar-refractivity contribution in [3.8, 4) is 5.75 Å². The van der Waals surface area contributed by atoms with E-state index < -0.39 is 5.09 Å². The fraction of sp³-hybridized carbons (Fsp3) is 0.200. The van der Waals surface area contributed by atoms with Crippen molar-refractivity contribution < 1.29 is 9.92 Å². The smallest absolute Gasteiger partial charge is 0.299 e. The van der Waals surface area contributed by atoms with Gasteiger partial charge in [-0.15, -0.1) is 10.1 Å². The minimum atomic E-state index is -0.779. The molecule has 2 rings (SSSR count). The highest BCUT2D eigenvalue weighted by Gasteiger charge is 2.09. The molecule has 0 fully saturated rings. The van der Waals surface area contributed by atoms with Gasteiger partial charge in [-0.05, 0) is 48.6 Å². The molecule has 0 aliphatic heterocycles. The second-order valence-corrected chi connectivity index (χ2v) is 4.45. The van der Waals surface area contributed by atoms with Gasteiger partial charge >= 0.3 is 0 Å². The maximum Gasteiger partial charge on any atom is 0.299 e. The molecule has 0 saturated carbocycles. The zero-order valence-corrected chi connectivity index (χ0v) is 11.6. The molecule has 0 bridgehead atoms. The van der Waals surface area contributed by atoms with Crippen LogP contribution in [0.4, 0.5) is 0 Å². The van der Waals surface area contributed by atoms with Gasteiger partial charge in [0.05, 0.1) is 0 Å². The van der Waals surface area contributed by atoms with Crippen LogP contribution in [-0.2, 0) is 6.42 Å². The lowest BCUT2D eigenvalue weighted by molar-refractivity contribution is -0.711. The summed E-state index contributed by atoms with van der Waals surface area (Å²) in [6.45, 7) is 3.79. The third-order valence-corrected chi connectivity index (χ3v) is 3.26. The fourth-order valence-electron chi connectivity index (χ4n) is 2.04. The van der Waals surface area contributed by atoms with Crippen molar-refractivity contribution in [3.63, 3.8) is 0 Å². The molecule has 0 aliphatic carbocycles. The molecule has 3 N–H and O–H groups in total. The Morgan fingerprint density at radius 2 is 1.70 bits per heavy atom. The van der Waals surface area contributed by atoms with Crippen molar-refractivity contribution in [2.24, 2.45) is 0 Å². The average Bonchev–Trinajstić information content (AvgIpc) is 2.39. The van der Waals surface area contributed by atoms with Crippen LogP contribution in [0.5, 0.6) is 5.75 Å². The van der Waals surface area contributed by atoms with E-state index >= 15 is 0 Å². The van der Waals surface area contributed by atoms with Crippen molar-refractivity contribution in [1.29, 1.82) is 0 Å². The lowest BCUT2D eigenvalue weighted by Gasteiger charge is -2.12. The quantitative estimate of drug-likeness (QED) is 0.681. The summed E-state index contributed by atoms with van der Waals surface area (Å²) in [5, 5.41) is 9.61. The first-order chi connectivity index (χ1) is 9.08. The van der Waals surface area contributed by atoms with Gasteiger partial charge in [0.15, 0.2) is 0 Å². The van der Waals surface area contributed by atoms with Crippen LogP contribution < -0.4 is 11.0 Å². The van der Waals surface area contributed by atoms with E-state index in [9.17, 15) is 10.1 Å². The second-order valence-electron chi connectivity index (χ2n) is 4.45. The zero-order chi connectivity index (χ0) is 13.8. The predicted molar refractivity (Wildman–Crippen MR) is 77.8 cm³/mol. The standard InChI is InChI=1S/C15H15NO3.H3N/c1-11-12(2)15(19-16(17)18)9-8-14(11)10-13-6-4-3-5-7-13;/h3-9H,10H2,1-2H3;1H3. The molecule has 0 unspecified atom stereocenters. The molecule has 0 heterocycles. The van der Waals surface area contributed by atoms with Gasteiger partial charge in [-0.1, -0.05) is 36.4 Å². The SMILES string of the molecule is Cc1c(Cc2ccccc2)ccc(O[N+](=O)[O-])c1C.N. The van der Waals surface area contributed by atoms with Crippen LogP contribution in [0.15, 0.2) is 42.5 Å². The van der Waals surface area contributed by atoms with Crippen molar-refractivity contribution in [1.82, 2.24) is 6.15 Å². The highest BCUT2D eigenvalue weighted by Crippen LogP contribution is 2.25. The summed E-state index contributed by atoms with van der Waals surface area (Å²) >= 11 is 0. The van der Waals surface area contributed by atoms with Crippen molar-refractivity contribution >= 4 is 0 Å². The summed E-state index contributed by atoms with van der Waals surface area (Å²) in [5.41, 5.74) is 4.21. The van der Waals surface area contributed by atoms with Crippen LogP contribution in [0, 0.1) is 24.0 Å².